The molecule has 16 heavy (non-hydrogen) atoms. The van der Waals surface area contributed by atoms with E-state index in [0.717, 1.165) is 16.3 Å². The molecule has 0 aliphatic carbocycles. The summed E-state index contributed by atoms with van der Waals surface area (Å²) in [5.41, 5.74) is 6.49. The molecule has 0 atom stereocenters. The van der Waals surface area contributed by atoms with Crippen molar-refractivity contribution in [1.82, 2.24) is 4.98 Å². The van der Waals surface area contributed by atoms with E-state index in [-0.39, 0.29) is 0 Å². The van der Waals surface area contributed by atoms with Crippen molar-refractivity contribution < 1.29 is 4.42 Å². The van der Waals surface area contributed by atoms with Crippen LogP contribution in [-0.4, -0.2) is 4.98 Å². The quantitative estimate of drug-likeness (QED) is 0.852. The molecular weight excluding hydrogens is 244 g/mol. The number of thioether (sulfide) groups is 1. The lowest BCUT2D eigenvalue weighted by atomic mass is 10.3. The minimum atomic E-state index is 0.426. The number of aromatic nitrogens is 1. The Labute approximate surface area is 103 Å². The highest BCUT2D eigenvalue weighted by molar-refractivity contribution is 7.98. The molecule has 0 aliphatic heterocycles. The van der Waals surface area contributed by atoms with Gasteiger partial charge in [0.2, 0.25) is 0 Å². The molecule has 0 unspecified atom stereocenters. The van der Waals surface area contributed by atoms with Crippen molar-refractivity contribution in [3.63, 3.8) is 0 Å². The first-order valence-corrected chi connectivity index (χ1v) is 6.16. The summed E-state index contributed by atoms with van der Waals surface area (Å²) in [5, 5.41) is 1.43. The number of rotatable bonds is 4. The molecule has 0 amide bonds. The van der Waals surface area contributed by atoms with Gasteiger partial charge in [0.1, 0.15) is 10.8 Å². The lowest BCUT2D eigenvalue weighted by Gasteiger charge is -2.05. The zero-order valence-electron chi connectivity index (χ0n) is 8.52. The summed E-state index contributed by atoms with van der Waals surface area (Å²) in [6.07, 6.45) is 3.37. The van der Waals surface area contributed by atoms with Crippen molar-refractivity contribution in [1.29, 1.82) is 0 Å². The topological polar surface area (TPSA) is 52.0 Å². The number of nitrogens with zero attached hydrogens (tertiary/aromatic N) is 1. The third-order valence-corrected chi connectivity index (χ3v) is 3.63. The standard InChI is InChI=1S/C11H11ClN2OS/c12-10-8(6-13)3-4-14-11(10)16-7-9-2-1-5-15-9/h1-5H,6-7,13H2. The summed E-state index contributed by atoms with van der Waals surface area (Å²) in [4.78, 5) is 4.22. The van der Waals surface area contributed by atoms with Crippen LogP contribution in [0, 0.1) is 0 Å². The highest BCUT2D eigenvalue weighted by Crippen LogP contribution is 2.29. The maximum Gasteiger partial charge on any atom is 0.115 e. The summed E-state index contributed by atoms with van der Waals surface area (Å²) < 4.78 is 5.24. The van der Waals surface area contributed by atoms with Crippen LogP contribution in [0.2, 0.25) is 5.02 Å². The molecule has 2 aromatic heterocycles. The van der Waals surface area contributed by atoms with Crippen LogP contribution in [0.15, 0.2) is 40.1 Å². The van der Waals surface area contributed by atoms with Crippen molar-refractivity contribution >= 4 is 23.4 Å². The molecule has 2 N–H and O–H groups in total. The van der Waals surface area contributed by atoms with Gasteiger partial charge in [-0.15, -0.1) is 0 Å². The van der Waals surface area contributed by atoms with Gasteiger partial charge in [-0.3, -0.25) is 0 Å². The van der Waals surface area contributed by atoms with Crippen LogP contribution in [0.25, 0.3) is 0 Å². The van der Waals surface area contributed by atoms with E-state index in [4.69, 9.17) is 21.8 Å². The van der Waals surface area contributed by atoms with Gasteiger partial charge in [-0.05, 0) is 23.8 Å². The van der Waals surface area contributed by atoms with Gasteiger partial charge < -0.3 is 10.2 Å². The second-order valence-corrected chi connectivity index (χ2v) is 4.50. The maximum absolute atomic E-state index is 6.16. The molecule has 0 spiro atoms. The third-order valence-electron chi connectivity index (χ3n) is 2.09. The molecule has 0 aromatic carbocycles. The van der Waals surface area contributed by atoms with Crippen LogP contribution < -0.4 is 5.73 Å². The van der Waals surface area contributed by atoms with Crippen LogP contribution in [0.4, 0.5) is 0 Å². The van der Waals surface area contributed by atoms with Gasteiger partial charge >= 0.3 is 0 Å². The smallest absolute Gasteiger partial charge is 0.115 e. The Balaban J connectivity index is 2.09. The van der Waals surface area contributed by atoms with E-state index in [9.17, 15) is 0 Å². The van der Waals surface area contributed by atoms with E-state index >= 15 is 0 Å². The molecule has 3 nitrogen and oxygen atoms in total. The maximum atomic E-state index is 6.16. The zero-order valence-corrected chi connectivity index (χ0v) is 10.1. The van der Waals surface area contributed by atoms with E-state index in [1.165, 1.54) is 0 Å². The molecule has 2 rings (SSSR count). The van der Waals surface area contributed by atoms with Gasteiger partial charge in [-0.2, -0.15) is 0 Å². The average molecular weight is 255 g/mol. The molecule has 84 valence electrons. The Bertz CT molecular complexity index is 459. The van der Waals surface area contributed by atoms with Gasteiger partial charge in [-0.25, -0.2) is 4.98 Å². The molecule has 0 bridgehead atoms. The molecule has 0 aliphatic rings. The second kappa shape index (κ2) is 5.39. The summed E-state index contributed by atoms with van der Waals surface area (Å²) >= 11 is 7.70. The monoisotopic (exact) mass is 254 g/mol. The first-order valence-electron chi connectivity index (χ1n) is 4.80. The molecule has 0 fully saturated rings. The molecular formula is C11H11ClN2OS. The van der Waals surface area contributed by atoms with Gasteiger partial charge in [-0.1, -0.05) is 23.4 Å². The van der Waals surface area contributed by atoms with Crippen molar-refractivity contribution in [2.45, 2.75) is 17.3 Å². The lowest BCUT2D eigenvalue weighted by molar-refractivity contribution is 0.530. The number of furan rings is 1. The second-order valence-electron chi connectivity index (χ2n) is 3.16. The Morgan fingerprint density at radius 1 is 1.44 bits per heavy atom. The number of pyridine rings is 1. The highest BCUT2D eigenvalue weighted by atomic mass is 35.5. The van der Waals surface area contributed by atoms with Gasteiger partial charge in [0, 0.05) is 12.7 Å². The van der Waals surface area contributed by atoms with E-state index < -0.39 is 0 Å². The van der Waals surface area contributed by atoms with Crippen molar-refractivity contribution in [2.24, 2.45) is 5.73 Å². The van der Waals surface area contributed by atoms with E-state index in [2.05, 4.69) is 4.98 Å². The van der Waals surface area contributed by atoms with Crippen molar-refractivity contribution in [3.05, 3.63) is 47.0 Å². The Morgan fingerprint density at radius 2 is 2.31 bits per heavy atom. The lowest BCUT2D eigenvalue weighted by Crippen LogP contribution is -1.98. The number of hydrogen-bond donors (Lipinski definition) is 1. The summed E-state index contributed by atoms with van der Waals surface area (Å²) in [6.45, 7) is 0.426. The fourth-order valence-electron chi connectivity index (χ4n) is 1.25. The summed E-state index contributed by atoms with van der Waals surface area (Å²) in [6, 6.07) is 5.62. The van der Waals surface area contributed by atoms with Gasteiger partial charge in [0.15, 0.2) is 0 Å². The van der Waals surface area contributed by atoms with Crippen molar-refractivity contribution in [2.75, 3.05) is 0 Å². The fourth-order valence-corrected chi connectivity index (χ4v) is 2.44. The number of hydrogen-bond acceptors (Lipinski definition) is 4. The van der Waals surface area contributed by atoms with Crippen LogP contribution in [0.5, 0.6) is 0 Å². The number of nitrogens with two attached hydrogens (primary N) is 1. The Kier molecular flexibility index (Phi) is 3.88. The molecule has 2 heterocycles. The predicted octanol–water partition coefficient (Wildman–Crippen LogP) is 3.08. The average Bonchev–Trinajstić information content (AvgIpc) is 2.81. The molecule has 5 heteroatoms. The summed E-state index contributed by atoms with van der Waals surface area (Å²) in [7, 11) is 0. The number of halogens is 1. The first-order chi connectivity index (χ1) is 7.81. The van der Waals surface area contributed by atoms with Crippen molar-refractivity contribution in [3.8, 4) is 0 Å². The van der Waals surface area contributed by atoms with Crippen LogP contribution in [0.3, 0.4) is 0 Å². The highest BCUT2D eigenvalue weighted by Gasteiger charge is 2.07. The largest absolute Gasteiger partial charge is 0.468 e. The SMILES string of the molecule is NCc1ccnc(SCc2ccco2)c1Cl. The van der Waals surface area contributed by atoms with Crippen LogP contribution in [0.1, 0.15) is 11.3 Å². The minimum absolute atomic E-state index is 0.426. The Morgan fingerprint density at radius 3 is 3.00 bits per heavy atom. The van der Waals surface area contributed by atoms with E-state index in [1.54, 1.807) is 24.2 Å². The van der Waals surface area contributed by atoms with Gasteiger partial charge in [0.25, 0.3) is 0 Å². The zero-order chi connectivity index (χ0) is 11.4. The fraction of sp³-hybridized carbons (Fsp3) is 0.182. The molecule has 0 saturated heterocycles. The predicted molar refractivity (Wildman–Crippen MR) is 65.4 cm³/mol. The Hall–Kier alpha value is -0.970. The molecule has 0 saturated carbocycles. The van der Waals surface area contributed by atoms with E-state index in [1.807, 2.05) is 18.2 Å². The van der Waals surface area contributed by atoms with Crippen LogP contribution >= 0.6 is 23.4 Å². The van der Waals surface area contributed by atoms with Gasteiger partial charge in [0.05, 0.1) is 17.0 Å². The van der Waals surface area contributed by atoms with Crippen LogP contribution in [-0.2, 0) is 12.3 Å². The molecule has 2 aromatic rings. The minimum Gasteiger partial charge on any atom is -0.468 e. The van der Waals surface area contributed by atoms with E-state index in [0.29, 0.717) is 17.3 Å². The summed E-state index contributed by atoms with van der Waals surface area (Å²) in [5.74, 6) is 1.62. The normalized spacial score (nSPS) is 10.6. The third kappa shape index (κ3) is 2.58. The molecule has 0 radical (unpaired) electrons. The first kappa shape index (κ1) is 11.5.